The molecular weight excluding hydrogens is 171 g/mol. The van der Waals surface area contributed by atoms with Gasteiger partial charge in [0.1, 0.15) is 5.75 Å². The Morgan fingerprint density at radius 2 is 1.85 bits per heavy atom. The molecule has 2 nitrogen and oxygen atoms in total. The van der Waals surface area contributed by atoms with Crippen LogP contribution in [-0.2, 0) is 5.11 Å². The molecule has 71 valence electrons. The Kier molecular flexibility index (Phi) is 4.09. The van der Waals surface area contributed by atoms with Crippen molar-refractivity contribution in [3.63, 3.8) is 0 Å². The molecule has 1 aromatic rings. The van der Waals surface area contributed by atoms with Crippen molar-refractivity contribution in [1.29, 1.82) is 0 Å². The standard InChI is InChI=1S/C10H12FO2/c11-7-1-2-8-13-10-5-3-9(12)4-6-10/h3-6H,1-2,7-8H2. The van der Waals surface area contributed by atoms with Crippen LogP contribution in [0.5, 0.6) is 11.5 Å². The number of hydrogen-bond donors (Lipinski definition) is 0. The third-order valence-electron chi connectivity index (χ3n) is 1.62. The molecule has 0 aliphatic rings. The van der Waals surface area contributed by atoms with Crippen LogP contribution in [0.15, 0.2) is 24.3 Å². The van der Waals surface area contributed by atoms with Crippen LogP contribution >= 0.6 is 0 Å². The molecule has 1 rings (SSSR count). The maximum atomic E-state index is 11.7. The third kappa shape index (κ3) is 3.78. The summed E-state index contributed by atoms with van der Waals surface area (Å²) in [6, 6.07) is 6.14. The first kappa shape index (κ1) is 9.84. The van der Waals surface area contributed by atoms with Crippen LogP contribution in [0.4, 0.5) is 4.39 Å². The van der Waals surface area contributed by atoms with Crippen molar-refractivity contribution in [2.45, 2.75) is 12.8 Å². The highest BCUT2D eigenvalue weighted by Gasteiger charge is 1.94. The molecule has 0 amide bonds. The minimum atomic E-state index is -0.303. The van der Waals surface area contributed by atoms with Gasteiger partial charge in [-0.15, -0.1) is 0 Å². The van der Waals surface area contributed by atoms with E-state index in [-0.39, 0.29) is 12.4 Å². The van der Waals surface area contributed by atoms with Crippen molar-refractivity contribution in [2.75, 3.05) is 13.3 Å². The number of rotatable bonds is 5. The number of hydrogen-bond acceptors (Lipinski definition) is 1. The molecule has 0 heterocycles. The molecule has 0 unspecified atom stereocenters. The van der Waals surface area contributed by atoms with E-state index in [0.29, 0.717) is 25.2 Å². The van der Waals surface area contributed by atoms with E-state index in [1.165, 1.54) is 12.1 Å². The van der Waals surface area contributed by atoms with E-state index in [2.05, 4.69) is 0 Å². The average molecular weight is 183 g/mol. The summed E-state index contributed by atoms with van der Waals surface area (Å²) in [5.41, 5.74) is 0. The van der Waals surface area contributed by atoms with Gasteiger partial charge in [0.25, 0.3) is 0 Å². The van der Waals surface area contributed by atoms with Crippen LogP contribution in [0, 0.1) is 0 Å². The minimum Gasteiger partial charge on any atom is -0.494 e. The van der Waals surface area contributed by atoms with E-state index in [9.17, 15) is 9.50 Å². The van der Waals surface area contributed by atoms with Crippen LogP contribution < -0.4 is 4.74 Å². The number of alkyl halides is 1. The summed E-state index contributed by atoms with van der Waals surface area (Å²) in [6.45, 7) is 0.199. The lowest BCUT2D eigenvalue weighted by Crippen LogP contribution is -1.97. The maximum absolute atomic E-state index is 11.7. The molecule has 0 fully saturated rings. The molecule has 0 aliphatic heterocycles. The summed E-state index contributed by atoms with van der Waals surface area (Å²) >= 11 is 0. The van der Waals surface area contributed by atoms with Crippen molar-refractivity contribution in [3.05, 3.63) is 24.3 Å². The quantitative estimate of drug-likeness (QED) is 0.645. The van der Waals surface area contributed by atoms with Gasteiger partial charge in [-0.1, -0.05) is 0 Å². The number of halogens is 1. The zero-order chi connectivity index (χ0) is 9.52. The van der Waals surface area contributed by atoms with Gasteiger partial charge in [-0.05, 0) is 37.1 Å². The number of ether oxygens (including phenoxy) is 1. The normalized spacial score (nSPS) is 9.92. The molecular formula is C10H12FO2. The van der Waals surface area contributed by atoms with Gasteiger partial charge in [-0.2, -0.15) is 0 Å². The summed E-state index contributed by atoms with van der Waals surface area (Å²) in [5, 5.41) is 10.7. The lowest BCUT2D eigenvalue weighted by Gasteiger charge is -2.03. The highest BCUT2D eigenvalue weighted by molar-refractivity contribution is 5.29. The van der Waals surface area contributed by atoms with Gasteiger partial charge < -0.3 is 4.74 Å². The lowest BCUT2D eigenvalue weighted by atomic mass is 10.3. The molecule has 0 aliphatic carbocycles. The van der Waals surface area contributed by atoms with Gasteiger partial charge in [0.05, 0.1) is 13.3 Å². The molecule has 1 radical (unpaired) electrons. The Hall–Kier alpha value is -1.25. The fourth-order valence-electron chi connectivity index (χ4n) is 0.922. The molecule has 0 saturated heterocycles. The Balaban J connectivity index is 2.25. The van der Waals surface area contributed by atoms with Crippen LogP contribution in [0.1, 0.15) is 12.8 Å². The first-order chi connectivity index (χ1) is 6.33. The van der Waals surface area contributed by atoms with Crippen LogP contribution in [0.25, 0.3) is 0 Å². The summed E-state index contributed by atoms with van der Waals surface area (Å²) < 4.78 is 16.9. The predicted octanol–water partition coefficient (Wildman–Crippen LogP) is 2.96. The van der Waals surface area contributed by atoms with Crippen molar-refractivity contribution in [2.24, 2.45) is 0 Å². The van der Waals surface area contributed by atoms with Crippen molar-refractivity contribution in [3.8, 4) is 11.5 Å². The van der Waals surface area contributed by atoms with Gasteiger partial charge >= 0.3 is 0 Å². The Bertz CT molecular complexity index is 233. The van der Waals surface area contributed by atoms with Gasteiger partial charge in [0.15, 0.2) is 5.75 Å². The highest BCUT2D eigenvalue weighted by atomic mass is 19.1. The predicted molar refractivity (Wildman–Crippen MR) is 47.3 cm³/mol. The molecule has 0 saturated carbocycles. The average Bonchev–Trinajstić information content (AvgIpc) is 2.15. The summed E-state index contributed by atoms with van der Waals surface area (Å²) in [4.78, 5) is 0. The Labute approximate surface area is 77.0 Å². The number of unbranched alkanes of at least 4 members (excludes halogenated alkanes) is 1. The van der Waals surface area contributed by atoms with Crippen molar-refractivity contribution in [1.82, 2.24) is 0 Å². The first-order valence-electron chi connectivity index (χ1n) is 4.29. The smallest absolute Gasteiger partial charge is 0.178 e. The van der Waals surface area contributed by atoms with E-state index in [1.807, 2.05) is 0 Å². The van der Waals surface area contributed by atoms with E-state index in [4.69, 9.17) is 4.74 Å². The van der Waals surface area contributed by atoms with Gasteiger partial charge in [-0.3, -0.25) is 9.50 Å². The van der Waals surface area contributed by atoms with Crippen molar-refractivity contribution >= 4 is 0 Å². The Morgan fingerprint density at radius 1 is 1.15 bits per heavy atom. The lowest BCUT2D eigenvalue weighted by molar-refractivity contribution is 0.296. The SMILES string of the molecule is [O]c1ccc(OCCCCF)cc1. The van der Waals surface area contributed by atoms with E-state index >= 15 is 0 Å². The molecule has 0 bridgehead atoms. The summed E-state index contributed by atoms with van der Waals surface area (Å²) in [5.74, 6) is 0.634. The fraction of sp³-hybridized carbons (Fsp3) is 0.400. The van der Waals surface area contributed by atoms with E-state index in [1.54, 1.807) is 12.1 Å². The first-order valence-corrected chi connectivity index (χ1v) is 4.29. The van der Waals surface area contributed by atoms with E-state index < -0.39 is 0 Å². The van der Waals surface area contributed by atoms with Gasteiger partial charge in [0.2, 0.25) is 0 Å². The second kappa shape index (κ2) is 5.41. The van der Waals surface area contributed by atoms with Crippen molar-refractivity contribution < 1.29 is 14.2 Å². The van der Waals surface area contributed by atoms with Gasteiger partial charge in [-0.25, -0.2) is 0 Å². The molecule has 0 atom stereocenters. The highest BCUT2D eigenvalue weighted by Crippen LogP contribution is 2.16. The Morgan fingerprint density at radius 3 is 2.46 bits per heavy atom. The molecule has 0 spiro atoms. The summed E-state index contributed by atoms with van der Waals surface area (Å²) in [7, 11) is 0. The topological polar surface area (TPSA) is 29.1 Å². The minimum absolute atomic E-state index is 0.0314. The fourth-order valence-corrected chi connectivity index (χ4v) is 0.922. The molecule has 0 aromatic heterocycles. The monoisotopic (exact) mass is 183 g/mol. The van der Waals surface area contributed by atoms with Gasteiger partial charge in [0, 0.05) is 0 Å². The van der Waals surface area contributed by atoms with E-state index in [0.717, 1.165) is 0 Å². The van der Waals surface area contributed by atoms with Crippen LogP contribution in [-0.4, -0.2) is 13.3 Å². The molecule has 1 aromatic carbocycles. The zero-order valence-electron chi connectivity index (χ0n) is 7.33. The third-order valence-corrected chi connectivity index (χ3v) is 1.62. The van der Waals surface area contributed by atoms with Crippen LogP contribution in [0.3, 0.4) is 0 Å². The second-order valence-corrected chi connectivity index (χ2v) is 2.72. The van der Waals surface area contributed by atoms with Crippen LogP contribution in [0.2, 0.25) is 0 Å². The zero-order valence-corrected chi connectivity index (χ0v) is 7.33. The largest absolute Gasteiger partial charge is 0.494 e. The molecule has 3 heteroatoms. The summed E-state index contributed by atoms with van der Waals surface area (Å²) in [6.07, 6.45) is 1.23. The number of benzene rings is 1. The maximum Gasteiger partial charge on any atom is 0.178 e. The molecule has 13 heavy (non-hydrogen) atoms. The molecule has 0 N–H and O–H groups in total. The second-order valence-electron chi connectivity index (χ2n) is 2.72.